The molecule has 3 nitrogen and oxygen atoms in total. The van der Waals surface area contributed by atoms with E-state index in [0.29, 0.717) is 12.2 Å². The van der Waals surface area contributed by atoms with Crippen LogP contribution in [0.4, 0.5) is 13.2 Å². The van der Waals surface area contributed by atoms with Gasteiger partial charge >= 0.3 is 6.18 Å². The molecule has 0 unspecified atom stereocenters. The Labute approximate surface area is 114 Å². The summed E-state index contributed by atoms with van der Waals surface area (Å²) in [5.74, 6) is 0. The molecule has 1 aromatic carbocycles. The van der Waals surface area contributed by atoms with Crippen LogP contribution in [0.2, 0.25) is 0 Å². The summed E-state index contributed by atoms with van der Waals surface area (Å²) in [5.41, 5.74) is 2.63. The van der Waals surface area contributed by atoms with Crippen molar-refractivity contribution < 1.29 is 13.2 Å². The van der Waals surface area contributed by atoms with Crippen molar-refractivity contribution in [1.82, 2.24) is 14.9 Å². The van der Waals surface area contributed by atoms with Gasteiger partial charge in [0.25, 0.3) is 0 Å². The van der Waals surface area contributed by atoms with E-state index in [1.807, 2.05) is 6.92 Å². The predicted octanol–water partition coefficient (Wildman–Crippen LogP) is 2.85. The summed E-state index contributed by atoms with van der Waals surface area (Å²) < 4.78 is 40.3. The highest BCUT2D eigenvalue weighted by Gasteiger charge is 2.31. The van der Waals surface area contributed by atoms with Gasteiger partial charge in [-0.05, 0) is 24.6 Å². The minimum Gasteiger partial charge on any atom is -0.311 e. The summed E-state index contributed by atoms with van der Waals surface area (Å²) in [7, 11) is 0. The van der Waals surface area contributed by atoms with Gasteiger partial charge in [0.05, 0.1) is 23.3 Å². The molecule has 3 rings (SSSR count). The lowest BCUT2D eigenvalue weighted by Crippen LogP contribution is -2.24. The molecule has 0 aliphatic carbocycles. The van der Waals surface area contributed by atoms with E-state index in [0.717, 1.165) is 36.0 Å². The maximum atomic E-state index is 12.8. The Hall–Kier alpha value is -1.82. The van der Waals surface area contributed by atoms with Crippen molar-refractivity contribution in [2.75, 3.05) is 6.54 Å². The molecule has 0 fully saturated rings. The third kappa shape index (κ3) is 2.20. The predicted molar refractivity (Wildman–Crippen MR) is 68.7 cm³/mol. The van der Waals surface area contributed by atoms with Crippen molar-refractivity contribution in [3.63, 3.8) is 0 Å². The van der Waals surface area contributed by atoms with Gasteiger partial charge in [0.2, 0.25) is 0 Å². The Bertz CT molecular complexity index is 644. The Morgan fingerprint density at radius 3 is 2.85 bits per heavy atom. The zero-order valence-electron chi connectivity index (χ0n) is 11.0. The number of nitrogens with one attached hydrogen (secondary N) is 1. The fourth-order valence-electron chi connectivity index (χ4n) is 2.49. The number of fused-ring (bicyclic) bond motifs is 1. The minimum absolute atomic E-state index is 0.551. The number of alkyl halides is 3. The molecule has 1 aliphatic rings. The van der Waals surface area contributed by atoms with Gasteiger partial charge in [-0.25, -0.2) is 4.98 Å². The number of aryl methyl sites for hydroxylation is 1. The van der Waals surface area contributed by atoms with E-state index in [4.69, 9.17) is 0 Å². The standard InChI is InChI=1S/C14H14F3N3/c1-9-2-3-10(14(15,16)17)6-13(9)20-8-19-11-7-18-5-4-12(11)20/h2-3,6,8,18H,4-5,7H2,1H3. The number of benzene rings is 1. The molecule has 0 saturated heterocycles. The largest absolute Gasteiger partial charge is 0.416 e. The van der Waals surface area contributed by atoms with Gasteiger partial charge in [-0.3, -0.25) is 0 Å². The van der Waals surface area contributed by atoms with Crippen LogP contribution in [0.25, 0.3) is 5.69 Å². The quantitative estimate of drug-likeness (QED) is 0.871. The maximum absolute atomic E-state index is 12.8. The summed E-state index contributed by atoms with van der Waals surface area (Å²) in [6, 6.07) is 3.81. The third-order valence-corrected chi connectivity index (χ3v) is 3.58. The molecule has 0 atom stereocenters. The fourth-order valence-corrected chi connectivity index (χ4v) is 2.49. The summed E-state index contributed by atoms with van der Waals surface area (Å²) in [5, 5.41) is 3.20. The average molecular weight is 281 g/mol. The molecule has 20 heavy (non-hydrogen) atoms. The zero-order chi connectivity index (χ0) is 14.3. The van der Waals surface area contributed by atoms with E-state index in [-0.39, 0.29) is 0 Å². The summed E-state index contributed by atoms with van der Waals surface area (Å²) in [6.45, 7) is 3.29. The lowest BCUT2D eigenvalue weighted by molar-refractivity contribution is -0.137. The second-order valence-corrected chi connectivity index (χ2v) is 4.93. The van der Waals surface area contributed by atoms with Crippen LogP contribution < -0.4 is 5.32 Å². The topological polar surface area (TPSA) is 29.9 Å². The second-order valence-electron chi connectivity index (χ2n) is 4.93. The van der Waals surface area contributed by atoms with Crippen LogP contribution >= 0.6 is 0 Å². The van der Waals surface area contributed by atoms with E-state index in [2.05, 4.69) is 10.3 Å². The molecular formula is C14H14F3N3. The lowest BCUT2D eigenvalue weighted by Gasteiger charge is -2.17. The molecule has 0 saturated carbocycles. The summed E-state index contributed by atoms with van der Waals surface area (Å²) >= 11 is 0. The van der Waals surface area contributed by atoms with E-state index < -0.39 is 11.7 Å². The molecule has 1 N–H and O–H groups in total. The van der Waals surface area contributed by atoms with Gasteiger partial charge in [-0.15, -0.1) is 0 Å². The summed E-state index contributed by atoms with van der Waals surface area (Å²) in [6.07, 6.45) is -1.95. The number of nitrogens with zero attached hydrogens (tertiary/aromatic N) is 2. The Morgan fingerprint density at radius 2 is 2.10 bits per heavy atom. The van der Waals surface area contributed by atoms with Crippen molar-refractivity contribution in [2.24, 2.45) is 0 Å². The zero-order valence-corrected chi connectivity index (χ0v) is 11.0. The highest BCUT2D eigenvalue weighted by Crippen LogP contribution is 2.32. The van der Waals surface area contributed by atoms with E-state index >= 15 is 0 Å². The molecule has 2 heterocycles. The molecule has 2 aromatic rings. The summed E-state index contributed by atoms with van der Waals surface area (Å²) in [4.78, 5) is 4.29. The van der Waals surface area contributed by atoms with Crippen molar-refractivity contribution in [3.8, 4) is 5.69 Å². The molecule has 1 aromatic heterocycles. The maximum Gasteiger partial charge on any atom is 0.416 e. The van der Waals surface area contributed by atoms with Gasteiger partial charge in [0.1, 0.15) is 0 Å². The van der Waals surface area contributed by atoms with Crippen molar-refractivity contribution in [2.45, 2.75) is 26.1 Å². The van der Waals surface area contributed by atoms with Gasteiger partial charge in [-0.1, -0.05) is 6.07 Å². The normalized spacial score (nSPS) is 15.2. The van der Waals surface area contributed by atoms with E-state index in [1.165, 1.54) is 12.1 Å². The molecule has 0 bridgehead atoms. The number of halogens is 3. The van der Waals surface area contributed by atoms with Crippen LogP contribution in [0.1, 0.15) is 22.5 Å². The van der Waals surface area contributed by atoms with Crippen LogP contribution in [-0.4, -0.2) is 16.1 Å². The van der Waals surface area contributed by atoms with Crippen LogP contribution in [0, 0.1) is 6.92 Å². The van der Waals surface area contributed by atoms with Crippen LogP contribution in [-0.2, 0) is 19.1 Å². The molecule has 1 aliphatic heterocycles. The second kappa shape index (κ2) is 4.63. The smallest absolute Gasteiger partial charge is 0.311 e. The molecule has 6 heteroatoms. The molecule has 106 valence electrons. The van der Waals surface area contributed by atoms with Crippen molar-refractivity contribution in [1.29, 1.82) is 0 Å². The Kier molecular flexibility index (Phi) is 3.05. The first kappa shape index (κ1) is 13.2. The molecular weight excluding hydrogens is 267 g/mol. The first-order valence-electron chi connectivity index (χ1n) is 6.41. The van der Waals surface area contributed by atoms with Crippen LogP contribution in [0.3, 0.4) is 0 Å². The van der Waals surface area contributed by atoms with Gasteiger partial charge in [0, 0.05) is 25.2 Å². The Morgan fingerprint density at radius 1 is 1.30 bits per heavy atom. The highest BCUT2D eigenvalue weighted by atomic mass is 19.4. The first-order valence-corrected chi connectivity index (χ1v) is 6.41. The molecule has 0 amide bonds. The number of aromatic nitrogens is 2. The highest BCUT2D eigenvalue weighted by molar-refractivity contribution is 5.46. The lowest BCUT2D eigenvalue weighted by atomic mass is 10.1. The number of rotatable bonds is 1. The first-order chi connectivity index (χ1) is 9.47. The fraction of sp³-hybridized carbons (Fsp3) is 0.357. The van der Waals surface area contributed by atoms with Gasteiger partial charge in [0.15, 0.2) is 0 Å². The third-order valence-electron chi connectivity index (χ3n) is 3.58. The number of imidazole rings is 1. The number of hydrogen-bond donors (Lipinski definition) is 1. The number of hydrogen-bond acceptors (Lipinski definition) is 2. The molecule has 0 radical (unpaired) electrons. The van der Waals surface area contributed by atoms with Gasteiger partial charge in [-0.2, -0.15) is 13.2 Å². The van der Waals surface area contributed by atoms with Crippen molar-refractivity contribution in [3.05, 3.63) is 47.0 Å². The van der Waals surface area contributed by atoms with Gasteiger partial charge < -0.3 is 9.88 Å². The average Bonchev–Trinajstić information content (AvgIpc) is 2.82. The van der Waals surface area contributed by atoms with E-state index in [1.54, 1.807) is 10.9 Å². The van der Waals surface area contributed by atoms with Crippen LogP contribution in [0.15, 0.2) is 24.5 Å². The SMILES string of the molecule is Cc1ccc(C(F)(F)F)cc1-n1cnc2c1CCNC2. The molecule has 0 spiro atoms. The van der Waals surface area contributed by atoms with Crippen molar-refractivity contribution >= 4 is 0 Å². The van der Waals surface area contributed by atoms with E-state index in [9.17, 15) is 13.2 Å². The Balaban J connectivity index is 2.12. The van der Waals surface area contributed by atoms with Crippen LogP contribution in [0.5, 0.6) is 0 Å². The monoisotopic (exact) mass is 281 g/mol. The minimum atomic E-state index is -4.33.